The molecule has 0 aliphatic carbocycles. The number of benzene rings is 2. The summed E-state index contributed by atoms with van der Waals surface area (Å²) in [5, 5.41) is 0. The number of amides is 1. The van der Waals surface area contributed by atoms with Crippen molar-refractivity contribution in [3.63, 3.8) is 0 Å². The maximum absolute atomic E-state index is 12.6. The first kappa shape index (κ1) is 18.8. The van der Waals surface area contributed by atoms with Crippen LogP contribution in [0.1, 0.15) is 28.7 Å². The summed E-state index contributed by atoms with van der Waals surface area (Å²) < 4.78 is 10.8. The fraction of sp³-hybridized carbons (Fsp3) is 0.435. The molecule has 2 aliphatic heterocycles. The summed E-state index contributed by atoms with van der Waals surface area (Å²) in [7, 11) is 0. The highest BCUT2D eigenvalue weighted by Gasteiger charge is 2.21. The Labute approximate surface area is 166 Å². The molecule has 1 saturated heterocycles. The molecule has 0 bridgehead atoms. The molecule has 28 heavy (non-hydrogen) atoms. The summed E-state index contributed by atoms with van der Waals surface area (Å²) in [6, 6.07) is 12.6. The number of nitrogens with zero attached hydrogens (tertiary/aromatic N) is 2. The van der Waals surface area contributed by atoms with Crippen molar-refractivity contribution in [1.82, 2.24) is 9.80 Å². The van der Waals surface area contributed by atoms with Gasteiger partial charge in [0.15, 0.2) is 11.5 Å². The summed E-state index contributed by atoms with van der Waals surface area (Å²) in [6.45, 7) is 8.84. The quantitative estimate of drug-likeness (QED) is 0.798. The van der Waals surface area contributed by atoms with Crippen molar-refractivity contribution in [2.45, 2.75) is 33.2 Å². The van der Waals surface area contributed by atoms with Crippen LogP contribution in [0, 0.1) is 13.8 Å². The van der Waals surface area contributed by atoms with Gasteiger partial charge in [-0.3, -0.25) is 9.69 Å². The number of fused-ring (bicyclic) bond motifs is 1. The molecule has 1 amide bonds. The van der Waals surface area contributed by atoms with Crippen molar-refractivity contribution in [3.05, 3.63) is 58.7 Å². The van der Waals surface area contributed by atoms with E-state index in [1.807, 2.05) is 11.0 Å². The fourth-order valence-electron chi connectivity index (χ4n) is 3.82. The van der Waals surface area contributed by atoms with Crippen molar-refractivity contribution in [2.24, 2.45) is 0 Å². The van der Waals surface area contributed by atoms with E-state index in [9.17, 15) is 4.79 Å². The smallest absolute Gasteiger partial charge is 0.231 e. The third-order valence-corrected chi connectivity index (χ3v) is 5.77. The monoisotopic (exact) mass is 380 g/mol. The van der Waals surface area contributed by atoms with Crippen molar-refractivity contribution in [1.29, 1.82) is 0 Å². The van der Waals surface area contributed by atoms with E-state index in [1.165, 1.54) is 22.3 Å². The Morgan fingerprint density at radius 3 is 2.43 bits per heavy atom. The highest BCUT2D eigenvalue weighted by atomic mass is 16.7. The Balaban J connectivity index is 1.24. The molecule has 4 rings (SSSR count). The van der Waals surface area contributed by atoms with Crippen LogP contribution in [0.5, 0.6) is 11.5 Å². The lowest BCUT2D eigenvalue weighted by atomic mass is 10.0. The fourth-order valence-corrected chi connectivity index (χ4v) is 3.82. The first-order chi connectivity index (χ1) is 13.6. The molecule has 0 radical (unpaired) electrons. The number of ether oxygens (including phenoxy) is 2. The topological polar surface area (TPSA) is 42.0 Å². The number of rotatable bonds is 5. The minimum atomic E-state index is 0.265. The van der Waals surface area contributed by atoms with Gasteiger partial charge in [0.25, 0.3) is 0 Å². The summed E-state index contributed by atoms with van der Waals surface area (Å²) in [4.78, 5) is 17.0. The Morgan fingerprint density at radius 2 is 1.64 bits per heavy atom. The van der Waals surface area contributed by atoms with E-state index in [1.54, 1.807) is 0 Å². The molecule has 0 N–H and O–H groups in total. The van der Waals surface area contributed by atoms with Crippen molar-refractivity contribution in [3.8, 4) is 11.5 Å². The molecule has 2 aromatic carbocycles. The second-order valence-electron chi connectivity index (χ2n) is 7.76. The van der Waals surface area contributed by atoms with Crippen LogP contribution >= 0.6 is 0 Å². The third kappa shape index (κ3) is 4.30. The number of hydrogen-bond acceptors (Lipinski definition) is 4. The maximum Gasteiger partial charge on any atom is 0.231 e. The summed E-state index contributed by atoms with van der Waals surface area (Å²) in [5.41, 5.74) is 5.06. The van der Waals surface area contributed by atoms with Crippen molar-refractivity contribution in [2.75, 3.05) is 33.0 Å². The van der Waals surface area contributed by atoms with Gasteiger partial charge in [-0.25, -0.2) is 0 Å². The molecule has 5 heteroatoms. The molecule has 2 aromatic rings. The second-order valence-corrected chi connectivity index (χ2v) is 7.76. The zero-order valence-electron chi connectivity index (χ0n) is 16.7. The Kier molecular flexibility index (Phi) is 5.53. The molecule has 0 spiro atoms. The van der Waals surface area contributed by atoms with Crippen LogP contribution in [0.3, 0.4) is 0 Å². The molecule has 0 aromatic heterocycles. The van der Waals surface area contributed by atoms with Crippen LogP contribution in [0.15, 0.2) is 36.4 Å². The van der Waals surface area contributed by atoms with Gasteiger partial charge in [0.2, 0.25) is 12.7 Å². The molecule has 0 saturated carbocycles. The van der Waals surface area contributed by atoms with Gasteiger partial charge < -0.3 is 14.4 Å². The Hall–Kier alpha value is -2.53. The molecular weight excluding hydrogens is 352 g/mol. The first-order valence-electron chi connectivity index (χ1n) is 10.0. The molecule has 0 unspecified atom stereocenters. The van der Waals surface area contributed by atoms with Gasteiger partial charge in [0.05, 0.1) is 0 Å². The third-order valence-electron chi connectivity index (χ3n) is 5.77. The van der Waals surface area contributed by atoms with Crippen LogP contribution in [-0.4, -0.2) is 48.7 Å². The highest BCUT2D eigenvalue weighted by Crippen LogP contribution is 2.32. The largest absolute Gasteiger partial charge is 0.454 e. The number of hydrogen-bond donors (Lipinski definition) is 0. The van der Waals surface area contributed by atoms with E-state index in [2.05, 4.69) is 49.1 Å². The average molecular weight is 380 g/mol. The number of carbonyl (C=O) groups is 1. The van der Waals surface area contributed by atoms with E-state index < -0.39 is 0 Å². The molecule has 0 atom stereocenters. The second kappa shape index (κ2) is 8.23. The van der Waals surface area contributed by atoms with Gasteiger partial charge in [-0.1, -0.05) is 24.3 Å². The average Bonchev–Trinajstić information content (AvgIpc) is 3.17. The number of piperazine rings is 1. The molecule has 2 aliphatic rings. The van der Waals surface area contributed by atoms with Crippen LogP contribution in [0.2, 0.25) is 0 Å². The van der Waals surface area contributed by atoms with Crippen LogP contribution in [-0.2, 0) is 17.8 Å². The SMILES string of the molecule is Cc1ccc(CCC(=O)N2CCN(Cc3ccc4c(c3)OCO4)CC2)cc1C. The lowest BCUT2D eigenvalue weighted by Crippen LogP contribution is -2.48. The molecule has 148 valence electrons. The van der Waals surface area contributed by atoms with Gasteiger partial charge >= 0.3 is 0 Å². The van der Waals surface area contributed by atoms with E-state index in [-0.39, 0.29) is 5.91 Å². The summed E-state index contributed by atoms with van der Waals surface area (Å²) >= 11 is 0. The summed E-state index contributed by atoms with van der Waals surface area (Å²) in [6.07, 6.45) is 1.40. The van der Waals surface area contributed by atoms with Gasteiger partial charge in [0.1, 0.15) is 0 Å². The Bertz CT molecular complexity index is 857. The Morgan fingerprint density at radius 1 is 0.893 bits per heavy atom. The van der Waals surface area contributed by atoms with Crippen molar-refractivity contribution < 1.29 is 14.3 Å². The predicted molar refractivity (Wildman–Crippen MR) is 109 cm³/mol. The molecule has 1 fully saturated rings. The standard InChI is InChI=1S/C23H28N2O3/c1-17-3-4-19(13-18(17)2)6-8-23(26)25-11-9-24(10-12-25)15-20-5-7-21-22(14-20)28-16-27-21/h3-5,7,13-14H,6,8-12,15-16H2,1-2H3. The number of aryl methyl sites for hydroxylation is 3. The predicted octanol–water partition coefficient (Wildman–Crippen LogP) is 3.31. The number of carbonyl (C=O) groups excluding carboxylic acids is 1. The van der Waals surface area contributed by atoms with Gasteiger partial charge in [-0.15, -0.1) is 0 Å². The normalized spacial score (nSPS) is 16.4. The zero-order chi connectivity index (χ0) is 19.5. The van der Waals surface area contributed by atoms with Crippen LogP contribution in [0.25, 0.3) is 0 Å². The van der Waals surface area contributed by atoms with Crippen LogP contribution in [0.4, 0.5) is 0 Å². The van der Waals surface area contributed by atoms with Gasteiger partial charge in [0, 0.05) is 39.1 Å². The summed E-state index contributed by atoms with van der Waals surface area (Å²) in [5.74, 6) is 1.92. The lowest BCUT2D eigenvalue weighted by molar-refractivity contribution is -0.133. The molecule has 2 heterocycles. The lowest BCUT2D eigenvalue weighted by Gasteiger charge is -2.35. The van der Waals surface area contributed by atoms with E-state index in [4.69, 9.17) is 9.47 Å². The minimum absolute atomic E-state index is 0.265. The zero-order valence-corrected chi connectivity index (χ0v) is 16.7. The van der Waals surface area contributed by atoms with E-state index in [0.717, 1.165) is 50.6 Å². The highest BCUT2D eigenvalue weighted by molar-refractivity contribution is 5.76. The minimum Gasteiger partial charge on any atom is -0.454 e. The van der Waals surface area contributed by atoms with E-state index >= 15 is 0 Å². The molecule has 5 nitrogen and oxygen atoms in total. The van der Waals surface area contributed by atoms with Gasteiger partial charge in [-0.2, -0.15) is 0 Å². The van der Waals surface area contributed by atoms with E-state index in [0.29, 0.717) is 13.2 Å². The molecular formula is C23H28N2O3. The maximum atomic E-state index is 12.6. The first-order valence-corrected chi connectivity index (χ1v) is 10.0. The van der Waals surface area contributed by atoms with Crippen molar-refractivity contribution >= 4 is 5.91 Å². The van der Waals surface area contributed by atoms with Crippen LogP contribution < -0.4 is 9.47 Å². The van der Waals surface area contributed by atoms with Gasteiger partial charge in [-0.05, 0) is 54.7 Å².